The van der Waals surface area contributed by atoms with Crippen LogP contribution in [0.2, 0.25) is 0 Å². The first kappa shape index (κ1) is 19.3. The Labute approximate surface area is 161 Å². The van der Waals surface area contributed by atoms with Gasteiger partial charge in [-0.05, 0) is 42.9 Å². The van der Waals surface area contributed by atoms with E-state index in [0.29, 0.717) is 25.1 Å². The number of nitrogens with two attached hydrogens (primary N) is 1. The zero-order valence-corrected chi connectivity index (χ0v) is 15.2. The lowest BCUT2D eigenvalue weighted by Crippen LogP contribution is -2.39. The summed E-state index contributed by atoms with van der Waals surface area (Å²) in [4.78, 5) is 36.2. The van der Waals surface area contributed by atoms with Crippen LogP contribution in [0.5, 0.6) is 0 Å². The number of rotatable bonds is 5. The first-order chi connectivity index (χ1) is 13.4. The number of benzene rings is 2. The van der Waals surface area contributed by atoms with Gasteiger partial charge < -0.3 is 15.7 Å². The molecule has 0 spiro atoms. The summed E-state index contributed by atoms with van der Waals surface area (Å²) < 4.78 is 0. The smallest absolute Gasteiger partial charge is 0.335 e. The van der Waals surface area contributed by atoms with Crippen LogP contribution >= 0.6 is 0 Å². The highest BCUT2D eigenvalue weighted by atomic mass is 16.6. The summed E-state index contributed by atoms with van der Waals surface area (Å²) in [5.41, 5.74) is 6.68. The highest BCUT2D eigenvalue weighted by molar-refractivity contribution is 6.01. The van der Waals surface area contributed by atoms with Gasteiger partial charge in [0.25, 0.3) is 11.6 Å². The molecule has 28 heavy (non-hydrogen) atoms. The van der Waals surface area contributed by atoms with Crippen LogP contribution in [0, 0.1) is 16.0 Å². The van der Waals surface area contributed by atoms with E-state index in [1.807, 2.05) is 12.1 Å². The number of nitrogens with zero attached hydrogens (tertiary/aromatic N) is 2. The van der Waals surface area contributed by atoms with E-state index in [-0.39, 0.29) is 28.8 Å². The predicted octanol–water partition coefficient (Wildman–Crippen LogP) is 2.97. The van der Waals surface area contributed by atoms with Crippen molar-refractivity contribution in [3.63, 3.8) is 0 Å². The molecule has 1 amide bonds. The first-order valence-corrected chi connectivity index (χ1v) is 9.02. The Morgan fingerprint density at radius 1 is 1.11 bits per heavy atom. The molecule has 0 radical (unpaired) electrons. The van der Waals surface area contributed by atoms with E-state index in [1.165, 1.54) is 18.2 Å². The van der Waals surface area contributed by atoms with Crippen LogP contribution in [0.3, 0.4) is 0 Å². The molecule has 0 bridgehead atoms. The lowest BCUT2D eigenvalue weighted by atomic mass is 9.88. The molecule has 146 valence electrons. The summed E-state index contributed by atoms with van der Waals surface area (Å²) in [5, 5.41) is 20.3. The molecule has 0 aliphatic carbocycles. The van der Waals surface area contributed by atoms with Gasteiger partial charge in [0.1, 0.15) is 5.69 Å². The Morgan fingerprint density at radius 3 is 2.39 bits per heavy atom. The maximum absolute atomic E-state index is 12.7. The third-order valence-electron chi connectivity index (χ3n) is 5.17. The molecule has 1 heterocycles. The molecule has 0 atom stereocenters. The lowest BCUT2D eigenvalue weighted by Gasteiger charge is -2.32. The number of carboxylic acids is 1. The fourth-order valence-corrected chi connectivity index (χ4v) is 3.63. The van der Waals surface area contributed by atoms with E-state index in [9.17, 15) is 24.8 Å². The summed E-state index contributed by atoms with van der Waals surface area (Å²) in [6.45, 7) is 1.00. The number of hydrogen-bond acceptors (Lipinski definition) is 5. The largest absolute Gasteiger partial charge is 0.478 e. The Morgan fingerprint density at radius 2 is 1.75 bits per heavy atom. The normalized spacial score (nSPS) is 14.6. The number of anilines is 1. The van der Waals surface area contributed by atoms with Gasteiger partial charge in [-0.25, -0.2) is 4.79 Å². The van der Waals surface area contributed by atoms with Gasteiger partial charge in [-0.1, -0.05) is 24.3 Å². The van der Waals surface area contributed by atoms with Crippen molar-refractivity contribution in [1.29, 1.82) is 0 Å². The van der Waals surface area contributed by atoms with Crippen LogP contribution in [0.4, 0.5) is 11.4 Å². The molecular weight excluding hydrogens is 362 g/mol. The van der Waals surface area contributed by atoms with E-state index in [4.69, 9.17) is 5.73 Å². The van der Waals surface area contributed by atoms with Crippen molar-refractivity contribution >= 4 is 23.3 Å². The SMILES string of the molecule is Nc1c(C(=O)N2CCC(Cc3ccccc3C(=O)O)CC2)cccc1[N+](=O)[O-]. The van der Waals surface area contributed by atoms with Crippen LogP contribution in [-0.2, 0) is 6.42 Å². The maximum Gasteiger partial charge on any atom is 0.335 e. The Bertz CT molecular complexity index is 920. The molecule has 0 aromatic heterocycles. The molecule has 3 N–H and O–H groups in total. The second-order valence-corrected chi connectivity index (χ2v) is 6.90. The fraction of sp³-hybridized carbons (Fsp3) is 0.300. The van der Waals surface area contributed by atoms with E-state index < -0.39 is 10.9 Å². The zero-order valence-electron chi connectivity index (χ0n) is 15.2. The number of piperidine rings is 1. The van der Waals surface area contributed by atoms with Crippen molar-refractivity contribution in [3.8, 4) is 0 Å². The summed E-state index contributed by atoms with van der Waals surface area (Å²) in [6.07, 6.45) is 2.10. The van der Waals surface area contributed by atoms with Crippen molar-refractivity contribution in [3.05, 3.63) is 69.3 Å². The third kappa shape index (κ3) is 3.95. The van der Waals surface area contributed by atoms with Gasteiger partial charge >= 0.3 is 5.97 Å². The quantitative estimate of drug-likeness (QED) is 0.464. The van der Waals surface area contributed by atoms with Gasteiger partial charge in [-0.3, -0.25) is 14.9 Å². The number of amides is 1. The lowest BCUT2D eigenvalue weighted by molar-refractivity contribution is -0.383. The number of para-hydroxylation sites is 1. The van der Waals surface area contributed by atoms with E-state index in [1.54, 1.807) is 17.0 Å². The number of nitro groups is 1. The van der Waals surface area contributed by atoms with Gasteiger partial charge in [-0.15, -0.1) is 0 Å². The molecule has 0 unspecified atom stereocenters. The number of nitrogen functional groups attached to an aromatic ring is 1. The Kier molecular flexibility index (Phi) is 5.58. The van der Waals surface area contributed by atoms with Crippen molar-refractivity contribution in [1.82, 2.24) is 4.90 Å². The Balaban J connectivity index is 1.66. The molecule has 8 heteroatoms. The number of carboxylic acid groups (broad SMARTS) is 1. The number of carbonyl (C=O) groups is 2. The van der Waals surface area contributed by atoms with Crippen LogP contribution in [0.25, 0.3) is 0 Å². The topological polar surface area (TPSA) is 127 Å². The van der Waals surface area contributed by atoms with Crippen molar-refractivity contribution in [2.75, 3.05) is 18.8 Å². The average molecular weight is 383 g/mol. The summed E-state index contributed by atoms with van der Waals surface area (Å²) in [5.74, 6) is -0.984. The second kappa shape index (κ2) is 8.08. The standard InChI is InChI=1S/C20H21N3O5/c21-18-16(6-3-7-17(18)23(27)28)19(24)22-10-8-13(9-11-22)12-14-4-1-2-5-15(14)20(25)26/h1-7,13H,8-12,21H2,(H,25,26). The second-order valence-electron chi connectivity index (χ2n) is 6.90. The molecule has 3 rings (SSSR count). The Hall–Kier alpha value is -3.42. The molecule has 0 saturated carbocycles. The minimum absolute atomic E-state index is 0.116. The maximum atomic E-state index is 12.7. The zero-order chi connectivity index (χ0) is 20.3. The number of likely N-dealkylation sites (tertiary alicyclic amines) is 1. The van der Waals surface area contributed by atoms with Gasteiger partial charge in [-0.2, -0.15) is 0 Å². The first-order valence-electron chi connectivity index (χ1n) is 9.02. The summed E-state index contributed by atoms with van der Waals surface area (Å²) >= 11 is 0. The van der Waals surface area contributed by atoms with Crippen molar-refractivity contribution < 1.29 is 19.6 Å². The molecule has 8 nitrogen and oxygen atoms in total. The van der Waals surface area contributed by atoms with Gasteiger partial charge in [0.2, 0.25) is 0 Å². The summed E-state index contributed by atoms with van der Waals surface area (Å²) in [6, 6.07) is 11.2. The van der Waals surface area contributed by atoms with E-state index in [0.717, 1.165) is 18.4 Å². The fourth-order valence-electron chi connectivity index (χ4n) is 3.63. The van der Waals surface area contributed by atoms with Crippen LogP contribution in [-0.4, -0.2) is 39.9 Å². The molecular formula is C20H21N3O5. The van der Waals surface area contributed by atoms with Gasteiger partial charge in [0, 0.05) is 19.2 Å². The number of aromatic carboxylic acids is 1. The minimum Gasteiger partial charge on any atom is -0.478 e. The van der Waals surface area contributed by atoms with E-state index >= 15 is 0 Å². The van der Waals surface area contributed by atoms with Crippen molar-refractivity contribution in [2.45, 2.75) is 19.3 Å². The van der Waals surface area contributed by atoms with Crippen LogP contribution < -0.4 is 5.73 Å². The monoisotopic (exact) mass is 383 g/mol. The van der Waals surface area contributed by atoms with Crippen LogP contribution in [0.1, 0.15) is 39.1 Å². The third-order valence-corrected chi connectivity index (χ3v) is 5.17. The predicted molar refractivity (Wildman–Crippen MR) is 103 cm³/mol. The average Bonchev–Trinajstić information content (AvgIpc) is 2.68. The number of nitro benzene ring substituents is 1. The van der Waals surface area contributed by atoms with Crippen molar-refractivity contribution in [2.24, 2.45) is 5.92 Å². The molecule has 1 aliphatic heterocycles. The highest BCUT2D eigenvalue weighted by Crippen LogP contribution is 2.28. The number of hydrogen-bond donors (Lipinski definition) is 2. The molecule has 2 aromatic carbocycles. The molecule has 1 fully saturated rings. The number of carbonyl (C=O) groups excluding carboxylic acids is 1. The van der Waals surface area contributed by atoms with Gasteiger partial charge in [0.15, 0.2) is 0 Å². The van der Waals surface area contributed by atoms with Gasteiger partial charge in [0.05, 0.1) is 16.1 Å². The highest BCUT2D eigenvalue weighted by Gasteiger charge is 2.27. The molecule has 1 aliphatic rings. The molecule has 2 aromatic rings. The minimum atomic E-state index is -0.940. The van der Waals surface area contributed by atoms with E-state index in [2.05, 4.69) is 0 Å². The summed E-state index contributed by atoms with van der Waals surface area (Å²) in [7, 11) is 0. The molecule has 1 saturated heterocycles. The van der Waals surface area contributed by atoms with Crippen LogP contribution in [0.15, 0.2) is 42.5 Å².